The Bertz CT molecular complexity index is 338. The largest absolute Gasteiger partial charge is 0.481 e. The lowest BCUT2D eigenvalue weighted by Crippen LogP contribution is -2.54. The molecule has 0 spiro atoms. The summed E-state index contributed by atoms with van der Waals surface area (Å²) in [5, 5.41) is 11.6. The zero-order valence-electron chi connectivity index (χ0n) is 12.4. The molecule has 116 valence electrons. The van der Waals surface area contributed by atoms with Crippen molar-refractivity contribution in [2.24, 2.45) is 17.6 Å². The molecule has 0 bridgehead atoms. The molecule has 6 heteroatoms. The van der Waals surface area contributed by atoms with E-state index < -0.39 is 11.5 Å². The van der Waals surface area contributed by atoms with Gasteiger partial charge in [-0.25, -0.2) is 0 Å². The normalized spacial score (nSPS) is 23.8. The fraction of sp³-hybridized carbons (Fsp3) is 0.857. The number of hydrogen-bond acceptors (Lipinski definition) is 4. The van der Waals surface area contributed by atoms with E-state index in [0.717, 1.165) is 6.42 Å². The molecule has 1 rings (SSSR count). The van der Waals surface area contributed by atoms with Crippen molar-refractivity contribution < 1.29 is 19.4 Å². The summed E-state index contributed by atoms with van der Waals surface area (Å²) in [5.74, 6) is -0.257. The summed E-state index contributed by atoms with van der Waals surface area (Å²) < 4.78 is 5.16. The minimum atomic E-state index is -0.894. The molecule has 20 heavy (non-hydrogen) atoms. The first kappa shape index (κ1) is 16.9. The number of ether oxygens (including phenoxy) is 1. The van der Waals surface area contributed by atoms with Crippen LogP contribution in [0.25, 0.3) is 0 Å². The lowest BCUT2D eigenvalue weighted by atomic mass is 9.88. The van der Waals surface area contributed by atoms with Crippen LogP contribution in [0.15, 0.2) is 0 Å². The zero-order chi connectivity index (χ0) is 15.2. The van der Waals surface area contributed by atoms with Gasteiger partial charge < -0.3 is 20.9 Å². The predicted octanol–water partition coefficient (Wildman–Crippen LogP) is 0.748. The van der Waals surface area contributed by atoms with E-state index in [0.29, 0.717) is 37.8 Å². The summed E-state index contributed by atoms with van der Waals surface area (Å²) in [5.41, 5.74) is 5.07. The Kier molecular flexibility index (Phi) is 6.42. The molecule has 1 saturated heterocycles. The van der Waals surface area contributed by atoms with Gasteiger partial charge in [-0.1, -0.05) is 13.8 Å². The highest BCUT2D eigenvalue weighted by Crippen LogP contribution is 2.21. The highest BCUT2D eigenvalue weighted by atomic mass is 16.5. The quantitative estimate of drug-likeness (QED) is 0.611. The van der Waals surface area contributed by atoms with E-state index in [4.69, 9.17) is 15.6 Å². The van der Waals surface area contributed by atoms with Crippen LogP contribution in [-0.4, -0.2) is 42.3 Å². The molecule has 6 nitrogen and oxygen atoms in total. The van der Waals surface area contributed by atoms with Gasteiger partial charge in [-0.2, -0.15) is 0 Å². The third kappa shape index (κ3) is 5.09. The molecular weight excluding hydrogens is 260 g/mol. The first-order chi connectivity index (χ1) is 9.35. The lowest BCUT2D eigenvalue weighted by molar-refractivity contribution is -0.137. The molecule has 0 aromatic heterocycles. The maximum atomic E-state index is 12.0. The van der Waals surface area contributed by atoms with Gasteiger partial charge in [0.2, 0.25) is 5.91 Å². The Morgan fingerprint density at radius 2 is 2.10 bits per heavy atom. The Morgan fingerprint density at radius 1 is 1.40 bits per heavy atom. The molecule has 0 aromatic rings. The second-order valence-corrected chi connectivity index (χ2v) is 5.94. The number of carbonyl (C=O) groups is 2. The predicted molar refractivity (Wildman–Crippen MR) is 75.2 cm³/mol. The van der Waals surface area contributed by atoms with Crippen LogP contribution in [-0.2, 0) is 14.3 Å². The van der Waals surface area contributed by atoms with Crippen molar-refractivity contribution in [2.45, 2.75) is 45.1 Å². The van der Waals surface area contributed by atoms with Crippen molar-refractivity contribution in [3.63, 3.8) is 0 Å². The van der Waals surface area contributed by atoms with Crippen LogP contribution in [0.3, 0.4) is 0 Å². The fourth-order valence-electron chi connectivity index (χ4n) is 2.43. The van der Waals surface area contributed by atoms with E-state index in [9.17, 15) is 9.59 Å². The molecule has 1 heterocycles. The number of carboxylic acids is 1. The third-order valence-electron chi connectivity index (χ3n) is 3.98. The van der Waals surface area contributed by atoms with Crippen molar-refractivity contribution in [1.82, 2.24) is 5.32 Å². The maximum absolute atomic E-state index is 12.0. The number of rotatable bonds is 8. The number of carboxylic acid groups (broad SMARTS) is 1. The molecule has 0 radical (unpaired) electrons. The molecule has 4 N–H and O–H groups in total. The molecule has 1 aliphatic heterocycles. The number of aliphatic carboxylic acids is 1. The first-order valence-corrected chi connectivity index (χ1v) is 7.22. The van der Waals surface area contributed by atoms with Crippen LogP contribution in [0.5, 0.6) is 0 Å². The second-order valence-electron chi connectivity index (χ2n) is 5.94. The van der Waals surface area contributed by atoms with Gasteiger partial charge in [0.15, 0.2) is 0 Å². The minimum absolute atomic E-state index is 0.171. The Balaban J connectivity index is 2.32. The molecule has 2 atom stereocenters. The van der Waals surface area contributed by atoms with Gasteiger partial charge in [0.1, 0.15) is 5.54 Å². The summed E-state index contributed by atoms with van der Waals surface area (Å²) >= 11 is 0. The molecule has 0 aliphatic carbocycles. The molecular formula is C14H26N2O4. The van der Waals surface area contributed by atoms with Crippen LogP contribution in [0, 0.1) is 11.8 Å². The summed E-state index contributed by atoms with van der Waals surface area (Å²) in [6.45, 7) is 5.47. The summed E-state index contributed by atoms with van der Waals surface area (Å²) in [4.78, 5) is 22.6. The molecule has 0 saturated carbocycles. The number of amides is 1. The topological polar surface area (TPSA) is 102 Å². The number of hydrogen-bond donors (Lipinski definition) is 3. The van der Waals surface area contributed by atoms with Gasteiger partial charge in [0.05, 0.1) is 6.61 Å². The third-order valence-corrected chi connectivity index (χ3v) is 3.98. The van der Waals surface area contributed by atoms with Gasteiger partial charge in [-0.15, -0.1) is 0 Å². The molecule has 1 aliphatic rings. The smallest absolute Gasteiger partial charge is 0.303 e. The van der Waals surface area contributed by atoms with Crippen LogP contribution in [0.2, 0.25) is 0 Å². The summed E-state index contributed by atoms with van der Waals surface area (Å²) in [6, 6.07) is 0. The van der Waals surface area contributed by atoms with Gasteiger partial charge in [-0.3, -0.25) is 9.59 Å². The fourth-order valence-corrected chi connectivity index (χ4v) is 2.43. The Morgan fingerprint density at radius 3 is 2.60 bits per heavy atom. The molecule has 1 fully saturated rings. The van der Waals surface area contributed by atoms with E-state index >= 15 is 0 Å². The van der Waals surface area contributed by atoms with E-state index in [1.807, 2.05) is 0 Å². The highest BCUT2D eigenvalue weighted by molar-refractivity contribution is 5.86. The van der Waals surface area contributed by atoms with E-state index in [1.165, 1.54) is 0 Å². The standard InChI is InChI=1S/C14H26N2O4/c1-10(2)11(3-4-12(17)18)5-7-16-13(19)14(15)6-8-20-9-14/h10-11H,3-9,15H2,1-2H3,(H,16,19)(H,17,18). The minimum Gasteiger partial charge on any atom is -0.481 e. The number of nitrogens with two attached hydrogens (primary N) is 1. The monoisotopic (exact) mass is 286 g/mol. The average Bonchev–Trinajstić information content (AvgIpc) is 2.80. The van der Waals surface area contributed by atoms with Gasteiger partial charge in [0, 0.05) is 19.6 Å². The number of nitrogens with one attached hydrogen (secondary N) is 1. The average molecular weight is 286 g/mol. The zero-order valence-corrected chi connectivity index (χ0v) is 12.4. The van der Waals surface area contributed by atoms with Crippen molar-refractivity contribution in [3.8, 4) is 0 Å². The Hall–Kier alpha value is -1.14. The van der Waals surface area contributed by atoms with Gasteiger partial charge in [0.25, 0.3) is 0 Å². The SMILES string of the molecule is CC(C)C(CCNC(=O)C1(N)CCOC1)CCC(=O)O. The van der Waals surface area contributed by atoms with Crippen molar-refractivity contribution in [2.75, 3.05) is 19.8 Å². The summed E-state index contributed by atoms with van der Waals surface area (Å²) in [6.07, 6.45) is 2.13. The summed E-state index contributed by atoms with van der Waals surface area (Å²) in [7, 11) is 0. The van der Waals surface area contributed by atoms with Crippen LogP contribution in [0.4, 0.5) is 0 Å². The Labute approximate surface area is 120 Å². The second kappa shape index (κ2) is 7.59. The molecule has 0 aromatic carbocycles. The maximum Gasteiger partial charge on any atom is 0.303 e. The van der Waals surface area contributed by atoms with Crippen LogP contribution < -0.4 is 11.1 Å². The van der Waals surface area contributed by atoms with Gasteiger partial charge >= 0.3 is 5.97 Å². The van der Waals surface area contributed by atoms with E-state index in [1.54, 1.807) is 0 Å². The van der Waals surface area contributed by atoms with Crippen molar-refractivity contribution in [3.05, 3.63) is 0 Å². The van der Waals surface area contributed by atoms with E-state index in [2.05, 4.69) is 19.2 Å². The van der Waals surface area contributed by atoms with Crippen molar-refractivity contribution in [1.29, 1.82) is 0 Å². The molecule has 2 unspecified atom stereocenters. The van der Waals surface area contributed by atoms with Crippen molar-refractivity contribution >= 4 is 11.9 Å². The number of carbonyl (C=O) groups excluding carboxylic acids is 1. The van der Waals surface area contributed by atoms with Crippen LogP contribution in [0.1, 0.15) is 39.5 Å². The lowest BCUT2D eigenvalue weighted by Gasteiger charge is -2.23. The first-order valence-electron chi connectivity index (χ1n) is 7.22. The van der Waals surface area contributed by atoms with Gasteiger partial charge in [-0.05, 0) is 31.1 Å². The van der Waals surface area contributed by atoms with E-state index in [-0.39, 0.29) is 18.9 Å². The van der Waals surface area contributed by atoms with Crippen LogP contribution >= 0.6 is 0 Å². The molecule has 1 amide bonds. The highest BCUT2D eigenvalue weighted by Gasteiger charge is 2.37.